The highest BCUT2D eigenvalue weighted by atomic mass is 32.1. The summed E-state index contributed by atoms with van der Waals surface area (Å²) in [5, 5.41) is 23.7. The molecule has 3 N–H and O–H groups in total. The fourth-order valence-electron chi connectivity index (χ4n) is 3.25. The topological polar surface area (TPSA) is 78.8 Å². The molecule has 1 aliphatic carbocycles. The molecular formula is C19H23NO4S. The number of benzene rings is 1. The van der Waals surface area contributed by atoms with E-state index in [4.69, 9.17) is 4.74 Å². The van der Waals surface area contributed by atoms with Crippen molar-refractivity contribution in [1.29, 1.82) is 0 Å². The second kappa shape index (κ2) is 6.69. The summed E-state index contributed by atoms with van der Waals surface area (Å²) in [6.45, 7) is 4.41. The molecule has 0 amide bonds. The van der Waals surface area contributed by atoms with Gasteiger partial charge in [-0.3, -0.25) is 0 Å². The van der Waals surface area contributed by atoms with Gasteiger partial charge in [0.1, 0.15) is 10.8 Å². The van der Waals surface area contributed by atoms with Gasteiger partial charge in [0.2, 0.25) is 0 Å². The van der Waals surface area contributed by atoms with Gasteiger partial charge in [0.15, 0.2) is 6.23 Å². The Labute approximate surface area is 151 Å². The number of anilines is 1. The van der Waals surface area contributed by atoms with Crippen LogP contribution in [0.5, 0.6) is 5.75 Å². The molecule has 1 aromatic heterocycles. The van der Waals surface area contributed by atoms with Gasteiger partial charge in [-0.15, -0.1) is 11.3 Å². The van der Waals surface area contributed by atoms with Gasteiger partial charge in [-0.2, -0.15) is 0 Å². The monoisotopic (exact) mass is 361 g/mol. The fraction of sp³-hybridized carbons (Fsp3) is 0.421. The third-order valence-corrected chi connectivity index (χ3v) is 5.84. The van der Waals surface area contributed by atoms with Crippen LogP contribution < -0.4 is 10.1 Å². The lowest BCUT2D eigenvalue weighted by Crippen LogP contribution is -2.21. The molecule has 0 radical (unpaired) electrons. The Morgan fingerprint density at radius 1 is 1.40 bits per heavy atom. The van der Waals surface area contributed by atoms with E-state index in [1.807, 2.05) is 0 Å². The van der Waals surface area contributed by atoms with Crippen molar-refractivity contribution in [2.45, 2.75) is 39.3 Å². The van der Waals surface area contributed by atoms with Crippen LogP contribution in [0.1, 0.15) is 52.9 Å². The summed E-state index contributed by atoms with van der Waals surface area (Å²) in [6.07, 6.45) is 1.59. The van der Waals surface area contributed by atoms with E-state index in [-0.39, 0.29) is 5.41 Å². The zero-order valence-electron chi connectivity index (χ0n) is 14.6. The first-order chi connectivity index (χ1) is 11.8. The first-order valence-corrected chi connectivity index (χ1v) is 9.09. The number of aliphatic hydroxyl groups excluding tert-OH is 1. The van der Waals surface area contributed by atoms with Crippen LogP contribution in [0.25, 0.3) is 0 Å². The Bertz CT molecular complexity index is 797. The maximum Gasteiger partial charge on any atom is 0.338 e. The van der Waals surface area contributed by atoms with E-state index in [1.54, 1.807) is 31.4 Å². The van der Waals surface area contributed by atoms with Crippen LogP contribution in [0, 0.1) is 5.41 Å². The van der Waals surface area contributed by atoms with Crippen molar-refractivity contribution < 1.29 is 19.7 Å². The molecule has 5 nitrogen and oxygen atoms in total. The quantitative estimate of drug-likeness (QED) is 0.700. The first kappa shape index (κ1) is 17.8. The molecule has 1 aliphatic rings. The number of carboxylic acids is 1. The van der Waals surface area contributed by atoms with Gasteiger partial charge in [-0.1, -0.05) is 26.0 Å². The van der Waals surface area contributed by atoms with Crippen LogP contribution in [0.2, 0.25) is 0 Å². The van der Waals surface area contributed by atoms with Crippen molar-refractivity contribution in [3.05, 3.63) is 45.8 Å². The van der Waals surface area contributed by atoms with Crippen molar-refractivity contribution in [2.24, 2.45) is 5.41 Å². The SMILES string of the molecule is COc1cccc(C(O)Nc2sc3c(c2C(=O)O)CCC(C)(C)C3)c1. The van der Waals surface area contributed by atoms with E-state index in [1.165, 1.54) is 11.3 Å². The van der Waals surface area contributed by atoms with Gasteiger partial charge >= 0.3 is 5.97 Å². The lowest BCUT2D eigenvalue weighted by Gasteiger charge is -2.29. The Morgan fingerprint density at radius 2 is 2.16 bits per heavy atom. The summed E-state index contributed by atoms with van der Waals surface area (Å²) in [5.74, 6) is -0.304. The van der Waals surface area contributed by atoms with E-state index in [0.717, 1.165) is 29.7 Å². The van der Waals surface area contributed by atoms with Crippen molar-refractivity contribution >= 4 is 22.3 Å². The number of aliphatic hydroxyl groups is 1. The van der Waals surface area contributed by atoms with E-state index < -0.39 is 12.2 Å². The highest BCUT2D eigenvalue weighted by molar-refractivity contribution is 7.16. The lowest BCUT2D eigenvalue weighted by molar-refractivity contribution is 0.0696. The number of methoxy groups -OCH3 is 1. The number of hydrogen-bond donors (Lipinski definition) is 3. The van der Waals surface area contributed by atoms with Crippen molar-refractivity contribution in [1.82, 2.24) is 0 Å². The molecule has 3 rings (SSSR count). The minimum atomic E-state index is -0.999. The predicted molar refractivity (Wildman–Crippen MR) is 98.7 cm³/mol. The molecule has 0 saturated heterocycles. The highest BCUT2D eigenvalue weighted by Gasteiger charge is 2.32. The van der Waals surface area contributed by atoms with Gasteiger partial charge in [0.25, 0.3) is 0 Å². The van der Waals surface area contributed by atoms with Gasteiger partial charge in [0.05, 0.1) is 12.7 Å². The van der Waals surface area contributed by atoms with E-state index in [0.29, 0.717) is 21.9 Å². The van der Waals surface area contributed by atoms with Crippen LogP contribution in [0.15, 0.2) is 24.3 Å². The van der Waals surface area contributed by atoms with Crippen molar-refractivity contribution in [2.75, 3.05) is 12.4 Å². The van der Waals surface area contributed by atoms with E-state index >= 15 is 0 Å². The van der Waals surface area contributed by atoms with Crippen LogP contribution in [-0.4, -0.2) is 23.3 Å². The Hall–Kier alpha value is -2.05. The van der Waals surface area contributed by atoms with E-state index in [2.05, 4.69) is 19.2 Å². The molecule has 1 heterocycles. The number of hydrogen-bond acceptors (Lipinski definition) is 5. The van der Waals surface area contributed by atoms with Crippen LogP contribution in [0.4, 0.5) is 5.00 Å². The number of rotatable bonds is 5. The molecule has 0 fully saturated rings. The zero-order chi connectivity index (χ0) is 18.2. The molecule has 25 heavy (non-hydrogen) atoms. The number of ether oxygens (including phenoxy) is 1. The molecule has 6 heteroatoms. The lowest BCUT2D eigenvalue weighted by atomic mass is 9.77. The van der Waals surface area contributed by atoms with Crippen LogP contribution in [0.3, 0.4) is 0 Å². The van der Waals surface area contributed by atoms with Gasteiger partial charge < -0.3 is 20.3 Å². The summed E-state index contributed by atoms with van der Waals surface area (Å²) < 4.78 is 5.18. The molecule has 1 aromatic carbocycles. The van der Waals surface area contributed by atoms with Gasteiger partial charge in [-0.05, 0) is 42.4 Å². The van der Waals surface area contributed by atoms with Crippen LogP contribution >= 0.6 is 11.3 Å². The number of aromatic carboxylic acids is 1. The van der Waals surface area contributed by atoms with Crippen molar-refractivity contribution in [3.63, 3.8) is 0 Å². The normalized spacial score (nSPS) is 16.8. The average molecular weight is 361 g/mol. The summed E-state index contributed by atoms with van der Waals surface area (Å²) in [7, 11) is 1.57. The summed E-state index contributed by atoms with van der Waals surface area (Å²) >= 11 is 1.44. The maximum atomic E-state index is 11.8. The largest absolute Gasteiger partial charge is 0.497 e. The Kier molecular flexibility index (Phi) is 4.75. The third kappa shape index (κ3) is 3.65. The zero-order valence-corrected chi connectivity index (χ0v) is 15.4. The molecule has 0 spiro atoms. The number of thiophene rings is 1. The molecule has 2 aromatic rings. The molecule has 0 saturated carbocycles. The van der Waals surface area contributed by atoms with Crippen molar-refractivity contribution in [3.8, 4) is 5.75 Å². The third-order valence-electron chi connectivity index (χ3n) is 4.67. The molecular weight excluding hydrogens is 338 g/mol. The predicted octanol–water partition coefficient (Wildman–Crippen LogP) is 4.07. The molecule has 0 aliphatic heterocycles. The van der Waals surface area contributed by atoms with E-state index in [9.17, 15) is 15.0 Å². The molecule has 134 valence electrons. The number of fused-ring (bicyclic) bond motifs is 1. The molecule has 0 bridgehead atoms. The molecule has 1 atom stereocenters. The summed E-state index contributed by atoms with van der Waals surface area (Å²) in [4.78, 5) is 12.9. The number of carboxylic acid groups (broad SMARTS) is 1. The molecule has 1 unspecified atom stereocenters. The second-order valence-corrected chi connectivity index (χ2v) is 8.28. The van der Waals surface area contributed by atoms with Crippen LogP contribution in [-0.2, 0) is 12.8 Å². The standard InChI is InChI=1S/C19H23NO4S/c1-19(2)8-7-13-14(10-19)25-17(15(13)18(22)23)20-16(21)11-5-4-6-12(9-11)24-3/h4-6,9,16,20-21H,7-8,10H2,1-3H3,(H,22,23). The fourth-order valence-corrected chi connectivity index (χ4v) is 4.77. The maximum absolute atomic E-state index is 11.8. The summed E-state index contributed by atoms with van der Waals surface area (Å²) in [5.41, 5.74) is 2.02. The van der Waals surface area contributed by atoms with Gasteiger partial charge in [0, 0.05) is 10.4 Å². The Balaban J connectivity index is 1.92. The first-order valence-electron chi connectivity index (χ1n) is 8.27. The second-order valence-electron chi connectivity index (χ2n) is 7.18. The summed E-state index contributed by atoms with van der Waals surface area (Å²) in [6, 6.07) is 7.09. The minimum Gasteiger partial charge on any atom is -0.497 e. The number of nitrogens with one attached hydrogen (secondary N) is 1. The smallest absolute Gasteiger partial charge is 0.338 e. The minimum absolute atomic E-state index is 0.177. The Morgan fingerprint density at radius 3 is 2.84 bits per heavy atom. The highest BCUT2D eigenvalue weighted by Crippen LogP contribution is 2.44. The van der Waals surface area contributed by atoms with Gasteiger partial charge in [-0.25, -0.2) is 4.79 Å². The average Bonchev–Trinajstić information content (AvgIpc) is 2.90. The number of carbonyl (C=O) groups is 1.